The third kappa shape index (κ3) is 6.83. The summed E-state index contributed by atoms with van der Waals surface area (Å²) in [6.45, 7) is 4.39. The van der Waals surface area contributed by atoms with Crippen LogP contribution < -0.4 is 39.6 Å². The molecule has 4 heterocycles. The van der Waals surface area contributed by atoms with Crippen LogP contribution in [-0.2, 0) is 11.8 Å². The van der Waals surface area contributed by atoms with Gasteiger partial charge in [-0.1, -0.05) is 25.2 Å². The van der Waals surface area contributed by atoms with E-state index in [0.29, 0.717) is 31.1 Å². The maximum Gasteiger partial charge on any atom is 1.00 e. The van der Waals surface area contributed by atoms with Gasteiger partial charge in [-0.2, -0.15) is 28.8 Å². The van der Waals surface area contributed by atoms with E-state index in [1.807, 2.05) is 37.9 Å². The number of hydrogen-bond donors (Lipinski definition) is 4. The van der Waals surface area contributed by atoms with Crippen LogP contribution >= 0.6 is 0 Å². The third-order valence-electron chi connectivity index (χ3n) is 5.60. The molecule has 35 heavy (non-hydrogen) atoms. The number of aryl methyl sites for hydroxylation is 1. The number of ether oxygens (including phenoxy) is 2. The number of aliphatic hydroxyl groups excluding tert-OH is 1. The number of aliphatic hydroxyl groups is 1. The number of hydrogen-bond acceptors (Lipinski definition) is 7. The topological polar surface area (TPSA) is 121 Å². The van der Waals surface area contributed by atoms with E-state index in [1.54, 1.807) is 17.7 Å². The van der Waals surface area contributed by atoms with E-state index >= 15 is 0 Å². The Hall–Kier alpha value is -2.43. The number of nitrogens with one attached hydrogen (secondary N) is 3. The Morgan fingerprint density at radius 1 is 1.26 bits per heavy atom. The monoisotopic (exact) mass is 485 g/mol. The Morgan fingerprint density at radius 3 is 2.80 bits per heavy atom. The van der Waals surface area contributed by atoms with E-state index in [4.69, 9.17) is 20.0 Å². The van der Waals surface area contributed by atoms with Crippen molar-refractivity contribution in [3.63, 3.8) is 0 Å². The molecule has 0 amide bonds. The third-order valence-corrected chi connectivity index (χ3v) is 5.60. The van der Waals surface area contributed by atoms with Crippen molar-refractivity contribution < 1.29 is 44.1 Å². The summed E-state index contributed by atoms with van der Waals surface area (Å²) in [6.07, 6.45) is 11.9. The average Bonchev–Trinajstić information content (AvgIpc) is 3.42. The predicted octanol–water partition coefficient (Wildman–Crippen LogP) is 0.0514. The number of rotatable bonds is 0. The Morgan fingerprint density at radius 2 is 2.09 bits per heavy atom. The average molecular weight is 486 g/mol. The molecule has 10 heteroatoms. The molecule has 0 aliphatic carbocycles. The molecule has 1 atom stereocenters. The van der Waals surface area contributed by atoms with Crippen LogP contribution in [0.25, 0.3) is 28.1 Å². The summed E-state index contributed by atoms with van der Waals surface area (Å²) in [4.78, 5) is 0. The molecule has 2 aromatic heterocycles. The van der Waals surface area contributed by atoms with Gasteiger partial charge in [-0.15, -0.1) is 5.57 Å². The van der Waals surface area contributed by atoms with Gasteiger partial charge in [0.05, 0.1) is 42.1 Å². The van der Waals surface area contributed by atoms with Gasteiger partial charge < -0.3 is 25.3 Å². The minimum absolute atomic E-state index is 0. The Labute approximate surface area is 227 Å². The Kier molecular flexibility index (Phi) is 10.1. The number of allylic oxidation sites excluding steroid dienone is 1. The summed E-state index contributed by atoms with van der Waals surface area (Å²) >= 11 is 0. The van der Waals surface area contributed by atoms with Crippen molar-refractivity contribution in [2.24, 2.45) is 7.05 Å². The molecule has 0 radical (unpaired) electrons. The molecule has 4 N–H and O–H groups in total. The van der Waals surface area contributed by atoms with Crippen LogP contribution in [0.4, 0.5) is 0 Å². The number of H-pyrrole nitrogens is 1. The molecule has 3 aromatic rings. The zero-order chi connectivity index (χ0) is 23.9. The fourth-order valence-corrected chi connectivity index (χ4v) is 3.75. The molecule has 180 valence electrons. The van der Waals surface area contributed by atoms with Gasteiger partial charge in [-0.3, -0.25) is 11.5 Å². The maximum atomic E-state index is 8.79. The van der Waals surface area contributed by atoms with Gasteiger partial charge in [-0.05, 0) is 30.8 Å². The van der Waals surface area contributed by atoms with E-state index in [9.17, 15) is 0 Å². The zero-order valence-electron chi connectivity index (χ0n) is 20.5. The van der Waals surface area contributed by atoms with E-state index in [1.165, 1.54) is 0 Å². The number of aromatic amines is 1. The summed E-state index contributed by atoms with van der Waals surface area (Å²) in [6, 6.07) is 6.10. The van der Waals surface area contributed by atoms with Crippen LogP contribution in [-0.4, -0.2) is 63.4 Å². The van der Waals surface area contributed by atoms with Crippen molar-refractivity contribution in [2.75, 3.05) is 26.3 Å². The first-order valence-corrected chi connectivity index (χ1v) is 11.4. The number of piperidine rings is 1. The second-order valence-corrected chi connectivity index (χ2v) is 8.03. The summed E-state index contributed by atoms with van der Waals surface area (Å²) < 4.78 is 13.2. The van der Waals surface area contributed by atoms with Gasteiger partial charge >= 0.3 is 29.6 Å². The van der Waals surface area contributed by atoms with E-state index in [-0.39, 0.29) is 41.6 Å². The van der Waals surface area contributed by atoms with Crippen LogP contribution in [0.5, 0.6) is 5.88 Å². The maximum absolute atomic E-state index is 8.79. The minimum atomic E-state index is -0.200. The van der Waals surface area contributed by atoms with Gasteiger partial charge in [0.25, 0.3) is 0 Å². The molecule has 2 aliphatic heterocycles. The first kappa shape index (κ1) is 27.2. The summed E-state index contributed by atoms with van der Waals surface area (Å²) in [5.41, 5.74) is 4.26. The SMILES string of the molecule is C[C-]=C1/C=C/c2n[nH]c3ccc(cc23)-c2cnn(C)c2OCCCOC1=N.OC1[CH-]CCNC1.[Na+]. The fraction of sp³-hybridized carbons (Fsp3) is 0.360. The van der Waals surface area contributed by atoms with Crippen LogP contribution in [0.1, 0.15) is 25.5 Å². The fourth-order valence-electron chi connectivity index (χ4n) is 3.75. The molecule has 2 bridgehead atoms. The number of β-amino-alcohol motifs (C(OH)–C–C–N with tert-alkyl or cyclic N) is 1. The van der Waals surface area contributed by atoms with Crippen LogP contribution in [0.2, 0.25) is 0 Å². The Bertz CT molecular complexity index is 1190. The second-order valence-electron chi connectivity index (χ2n) is 8.03. The van der Waals surface area contributed by atoms with Gasteiger partial charge in [0.1, 0.15) is 0 Å². The van der Waals surface area contributed by atoms with Crippen LogP contribution in [0.3, 0.4) is 0 Å². The first-order valence-electron chi connectivity index (χ1n) is 11.4. The normalized spacial score (nSPS) is 20.4. The van der Waals surface area contributed by atoms with Crippen molar-refractivity contribution in [2.45, 2.75) is 25.9 Å². The zero-order valence-corrected chi connectivity index (χ0v) is 22.5. The summed E-state index contributed by atoms with van der Waals surface area (Å²) in [7, 11) is 1.86. The van der Waals surface area contributed by atoms with E-state index in [2.05, 4.69) is 32.8 Å². The standard InChI is InChI=1S/C20H20N5O2.C5H10NO.Na/c1-3-13-5-7-17-15-11-14(6-8-18(15)24-23-17)16-12-22-25(2)20(16)27-10-4-9-26-19(13)21;7-5-2-1-3-6-4-5;/h5-8,11-12,21H,4,9-10H2,1-2H3,(H,23,24);2,5-7H,1,3-4H2;/q2*-1;+1/b7-5+,21-19?;;. The van der Waals surface area contributed by atoms with Crippen LogP contribution in [0, 0.1) is 17.9 Å². The molecular formula is C25H30N6NaO3-. The van der Waals surface area contributed by atoms with Gasteiger partial charge in [0, 0.05) is 18.9 Å². The van der Waals surface area contributed by atoms with E-state index < -0.39 is 0 Å². The molecule has 1 aromatic carbocycles. The first-order chi connectivity index (χ1) is 16.6. The van der Waals surface area contributed by atoms with Gasteiger partial charge in [0.2, 0.25) is 5.88 Å². The number of aromatic nitrogens is 4. The molecule has 0 saturated carbocycles. The molecule has 0 spiro atoms. The Balaban J connectivity index is 0.000000370. The molecule has 1 unspecified atom stereocenters. The molecule has 1 fully saturated rings. The number of fused-ring (bicyclic) bond motifs is 3. The van der Waals surface area contributed by atoms with Crippen molar-refractivity contribution >= 4 is 22.9 Å². The van der Waals surface area contributed by atoms with Crippen molar-refractivity contribution in [3.8, 4) is 17.0 Å². The van der Waals surface area contributed by atoms with Gasteiger partial charge in [0.15, 0.2) is 0 Å². The summed E-state index contributed by atoms with van der Waals surface area (Å²) in [5.74, 6) is 0.799. The molecule has 5 rings (SSSR count). The number of nitrogens with zero attached hydrogens (tertiary/aromatic N) is 3. The molecule has 2 aliphatic rings. The quantitative estimate of drug-likeness (QED) is 0.264. The van der Waals surface area contributed by atoms with Crippen molar-refractivity contribution in [1.29, 1.82) is 5.41 Å². The molecule has 1 saturated heterocycles. The largest absolute Gasteiger partial charge is 1.00 e. The molecule has 9 nitrogen and oxygen atoms in total. The van der Waals surface area contributed by atoms with Crippen molar-refractivity contribution in [1.82, 2.24) is 25.3 Å². The molecular weight excluding hydrogens is 455 g/mol. The van der Waals surface area contributed by atoms with Crippen LogP contribution in [0.15, 0.2) is 36.0 Å². The number of benzene rings is 1. The summed E-state index contributed by atoms with van der Waals surface area (Å²) in [5, 5.41) is 32.7. The second kappa shape index (κ2) is 13.0. The van der Waals surface area contributed by atoms with Gasteiger partial charge in [-0.25, -0.2) is 4.68 Å². The smallest absolute Gasteiger partial charge is 0.534 e. The minimum Gasteiger partial charge on any atom is -0.534 e. The van der Waals surface area contributed by atoms with E-state index in [0.717, 1.165) is 47.2 Å². The van der Waals surface area contributed by atoms with Crippen molar-refractivity contribution in [3.05, 3.63) is 54.2 Å². The predicted molar refractivity (Wildman–Crippen MR) is 131 cm³/mol.